The maximum atomic E-state index is 12.1. The summed E-state index contributed by atoms with van der Waals surface area (Å²) in [7, 11) is -3.71. The highest BCUT2D eigenvalue weighted by Crippen LogP contribution is 2.14. The molecule has 0 spiro atoms. The van der Waals surface area contributed by atoms with E-state index in [0.717, 1.165) is 0 Å². The van der Waals surface area contributed by atoms with E-state index in [1.54, 1.807) is 6.07 Å². The monoisotopic (exact) mass is 408 g/mol. The van der Waals surface area contributed by atoms with Gasteiger partial charge in [0.15, 0.2) is 0 Å². The van der Waals surface area contributed by atoms with Crippen LogP contribution in [0.15, 0.2) is 29.2 Å². The van der Waals surface area contributed by atoms with Crippen molar-refractivity contribution >= 4 is 45.3 Å². The fourth-order valence-corrected chi connectivity index (χ4v) is 3.69. The van der Waals surface area contributed by atoms with Crippen molar-refractivity contribution in [3.05, 3.63) is 29.3 Å². The molecule has 0 aromatic heterocycles. The lowest BCUT2D eigenvalue weighted by Gasteiger charge is -2.17. The first-order valence-corrected chi connectivity index (χ1v) is 10.6. The second kappa shape index (κ2) is 10.5. The fraction of sp³-hybridized carbons (Fsp3) is 0.429. The third kappa shape index (κ3) is 7.95. The summed E-state index contributed by atoms with van der Waals surface area (Å²) in [6.45, 7) is 0.0568. The van der Waals surface area contributed by atoms with Crippen LogP contribution in [0.2, 0.25) is 5.02 Å². The van der Waals surface area contributed by atoms with Gasteiger partial charge in [0.2, 0.25) is 15.9 Å². The number of amides is 3. The molecule has 0 aliphatic rings. The zero-order chi connectivity index (χ0) is 18.9. The number of rotatable bonds is 10. The third-order valence-corrected chi connectivity index (χ3v) is 5.40. The van der Waals surface area contributed by atoms with Gasteiger partial charge in [-0.05, 0) is 36.6 Å². The van der Waals surface area contributed by atoms with Crippen molar-refractivity contribution in [2.75, 3.05) is 25.1 Å². The van der Waals surface area contributed by atoms with E-state index < -0.39 is 28.0 Å². The average Bonchev–Trinajstić information content (AvgIpc) is 2.55. The molecule has 8 nitrogen and oxygen atoms in total. The van der Waals surface area contributed by atoms with E-state index in [-0.39, 0.29) is 18.0 Å². The Morgan fingerprint density at radius 1 is 1.32 bits per heavy atom. The molecule has 3 amide bonds. The molecule has 0 saturated heterocycles. The average molecular weight is 409 g/mol. The van der Waals surface area contributed by atoms with Crippen molar-refractivity contribution in [1.29, 1.82) is 0 Å². The molecule has 0 fully saturated rings. The van der Waals surface area contributed by atoms with Crippen molar-refractivity contribution in [2.45, 2.75) is 17.4 Å². The van der Waals surface area contributed by atoms with E-state index in [0.29, 0.717) is 17.2 Å². The lowest BCUT2D eigenvalue weighted by molar-refractivity contribution is -0.122. The number of urea groups is 1. The van der Waals surface area contributed by atoms with Gasteiger partial charge in [0.1, 0.15) is 6.04 Å². The summed E-state index contributed by atoms with van der Waals surface area (Å²) in [5, 5.41) is 5.24. The Morgan fingerprint density at radius 3 is 2.64 bits per heavy atom. The van der Waals surface area contributed by atoms with Gasteiger partial charge in [-0.1, -0.05) is 17.7 Å². The number of carbonyl (C=O) groups excluding carboxylic acids is 2. The number of sulfonamides is 1. The van der Waals surface area contributed by atoms with Gasteiger partial charge in [-0.15, -0.1) is 0 Å². The van der Waals surface area contributed by atoms with E-state index in [1.165, 1.54) is 30.0 Å². The minimum Gasteiger partial charge on any atom is -0.353 e. The minimum absolute atomic E-state index is 0.00753. The molecule has 0 saturated carbocycles. The molecule has 0 unspecified atom stereocenters. The summed E-state index contributed by atoms with van der Waals surface area (Å²) >= 11 is 7.31. The molecule has 0 aliphatic heterocycles. The maximum Gasteiger partial charge on any atom is 0.312 e. The lowest BCUT2D eigenvalue weighted by atomic mass is 10.2. The van der Waals surface area contributed by atoms with Gasteiger partial charge < -0.3 is 16.4 Å². The smallest absolute Gasteiger partial charge is 0.312 e. The van der Waals surface area contributed by atoms with Crippen molar-refractivity contribution in [1.82, 2.24) is 15.4 Å². The zero-order valence-electron chi connectivity index (χ0n) is 13.6. The van der Waals surface area contributed by atoms with Crippen LogP contribution in [-0.4, -0.2) is 51.5 Å². The first kappa shape index (κ1) is 21.6. The van der Waals surface area contributed by atoms with Crippen LogP contribution in [0.25, 0.3) is 0 Å². The molecule has 1 rings (SSSR count). The van der Waals surface area contributed by atoms with Crippen LogP contribution >= 0.6 is 23.4 Å². The van der Waals surface area contributed by atoms with Crippen LogP contribution in [0.1, 0.15) is 6.42 Å². The van der Waals surface area contributed by atoms with Gasteiger partial charge in [-0.25, -0.2) is 17.9 Å². The van der Waals surface area contributed by atoms with E-state index in [9.17, 15) is 18.0 Å². The molecule has 1 aromatic carbocycles. The molecule has 0 aliphatic carbocycles. The number of hydrogen-bond acceptors (Lipinski definition) is 5. The van der Waals surface area contributed by atoms with Crippen LogP contribution in [0.5, 0.6) is 0 Å². The molecule has 0 bridgehead atoms. The number of halogens is 1. The molecule has 25 heavy (non-hydrogen) atoms. The van der Waals surface area contributed by atoms with Crippen molar-refractivity contribution < 1.29 is 18.0 Å². The summed E-state index contributed by atoms with van der Waals surface area (Å²) in [4.78, 5) is 23.0. The Hall–Kier alpha value is -1.49. The minimum atomic E-state index is -3.71. The van der Waals surface area contributed by atoms with Gasteiger partial charge in [-0.2, -0.15) is 11.8 Å². The predicted molar refractivity (Wildman–Crippen MR) is 99.2 cm³/mol. The Morgan fingerprint density at radius 2 is 2.04 bits per heavy atom. The quantitative estimate of drug-likeness (QED) is 0.419. The van der Waals surface area contributed by atoms with Crippen LogP contribution in [0.3, 0.4) is 0 Å². The van der Waals surface area contributed by atoms with Crippen molar-refractivity contribution in [2.24, 2.45) is 5.73 Å². The van der Waals surface area contributed by atoms with E-state index in [4.69, 9.17) is 17.3 Å². The maximum absolute atomic E-state index is 12.1. The molecule has 5 N–H and O–H groups in total. The highest BCUT2D eigenvalue weighted by molar-refractivity contribution is 7.98. The van der Waals surface area contributed by atoms with Gasteiger partial charge in [0, 0.05) is 18.1 Å². The SMILES string of the molecule is CSCC[C@H](NC(N)=O)C(=O)NCCNS(=O)(=O)c1cccc(Cl)c1. The lowest BCUT2D eigenvalue weighted by Crippen LogP contribution is -2.50. The normalized spacial score (nSPS) is 12.4. The molecule has 140 valence electrons. The van der Waals surface area contributed by atoms with Gasteiger partial charge in [0.25, 0.3) is 0 Å². The molecule has 1 aromatic rings. The van der Waals surface area contributed by atoms with E-state index in [2.05, 4.69) is 15.4 Å². The summed E-state index contributed by atoms with van der Waals surface area (Å²) < 4.78 is 26.5. The summed E-state index contributed by atoms with van der Waals surface area (Å²) in [5.41, 5.74) is 5.05. The number of hydrogen-bond donors (Lipinski definition) is 4. The number of nitrogens with two attached hydrogens (primary N) is 1. The Balaban J connectivity index is 2.49. The van der Waals surface area contributed by atoms with Gasteiger partial charge >= 0.3 is 6.03 Å². The molecule has 1 atom stereocenters. The van der Waals surface area contributed by atoms with E-state index in [1.807, 2.05) is 6.26 Å². The van der Waals surface area contributed by atoms with Crippen molar-refractivity contribution in [3.8, 4) is 0 Å². The summed E-state index contributed by atoms with van der Waals surface area (Å²) in [5.74, 6) is 0.245. The van der Waals surface area contributed by atoms with E-state index >= 15 is 0 Å². The van der Waals surface area contributed by atoms with Gasteiger partial charge in [-0.3, -0.25) is 4.79 Å². The number of nitrogens with one attached hydrogen (secondary N) is 3. The Bertz CT molecular complexity index is 700. The Labute approximate surface area is 156 Å². The first-order valence-electron chi connectivity index (χ1n) is 7.34. The summed E-state index contributed by atoms with van der Waals surface area (Å²) in [6.07, 6.45) is 2.30. The number of carbonyl (C=O) groups is 2. The van der Waals surface area contributed by atoms with Crippen LogP contribution in [0, 0.1) is 0 Å². The highest BCUT2D eigenvalue weighted by atomic mass is 35.5. The number of benzene rings is 1. The second-order valence-electron chi connectivity index (χ2n) is 4.99. The zero-order valence-corrected chi connectivity index (χ0v) is 16.0. The van der Waals surface area contributed by atoms with Crippen molar-refractivity contribution in [3.63, 3.8) is 0 Å². The van der Waals surface area contributed by atoms with Gasteiger partial charge in [0.05, 0.1) is 4.90 Å². The number of thioether (sulfide) groups is 1. The molecular formula is C14H21ClN4O4S2. The van der Waals surface area contributed by atoms with Crippen LogP contribution < -0.4 is 21.1 Å². The largest absolute Gasteiger partial charge is 0.353 e. The summed E-state index contributed by atoms with van der Waals surface area (Å²) in [6, 6.07) is 4.31. The third-order valence-electron chi connectivity index (χ3n) is 3.07. The first-order chi connectivity index (χ1) is 11.8. The molecule has 0 heterocycles. The second-order valence-corrected chi connectivity index (χ2v) is 8.18. The fourth-order valence-electron chi connectivity index (χ4n) is 1.89. The predicted octanol–water partition coefficient (Wildman–Crippen LogP) is 0.525. The topological polar surface area (TPSA) is 130 Å². The molecule has 11 heteroatoms. The number of primary amides is 1. The molecular weight excluding hydrogens is 388 g/mol. The van der Waals surface area contributed by atoms with Crippen LogP contribution in [-0.2, 0) is 14.8 Å². The highest BCUT2D eigenvalue weighted by Gasteiger charge is 2.19. The van der Waals surface area contributed by atoms with Crippen LogP contribution in [0.4, 0.5) is 4.79 Å². The Kier molecular flexibility index (Phi) is 9.04. The standard InChI is InChI=1S/C14H21ClN4O4S2/c1-24-8-5-12(19-14(16)21)13(20)17-6-7-18-25(22,23)11-4-2-3-10(15)9-11/h2-4,9,12,18H,5-8H2,1H3,(H,17,20)(H3,16,19,21)/t12-/m0/s1. The molecule has 0 radical (unpaired) electrons.